The van der Waals surface area contributed by atoms with Crippen LogP contribution in [0.25, 0.3) is 0 Å². The van der Waals surface area contributed by atoms with Crippen molar-refractivity contribution in [2.45, 2.75) is 6.61 Å². The molecular formula is C15H15FN2O2. The van der Waals surface area contributed by atoms with Crippen LogP contribution in [0, 0.1) is 11.2 Å². The van der Waals surface area contributed by atoms with Crippen LogP contribution in [0.15, 0.2) is 42.5 Å². The van der Waals surface area contributed by atoms with Gasteiger partial charge in [-0.3, -0.25) is 5.41 Å². The molecule has 2 rings (SSSR count). The lowest BCUT2D eigenvalue weighted by molar-refractivity contribution is 0.280. The van der Waals surface area contributed by atoms with Crippen LogP contribution in [0.3, 0.4) is 0 Å². The number of ether oxygens (including phenoxy) is 2. The highest BCUT2D eigenvalue weighted by Gasteiger charge is 2.08. The van der Waals surface area contributed by atoms with Crippen LogP contribution in [0.4, 0.5) is 4.39 Å². The summed E-state index contributed by atoms with van der Waals surface area (Å²) < 4.78 is 24.5. The van der Waals surface area contributed by atoms with Gasteiger partial charge in [0.2, 0.25) is 0 Å². The molecule has 104 valence electrons. The molecule has 0 fully saturated rings. The minimum Gasteiger partial charge on any atom is -0.493 e. The topological polar surface area (TPSA) is 68.3 Å². The molecule has 0 saturated heterocycles. The summed E-state index contributed by atoms with van der Waals surface area (Å²) >= 11 is 0. The molecule has 2 aromatic carbocycles. The Balaban J connectivity index is 2.13. The lowest BCUT2D eigenvalue weighted by Gasteiger charge is -2.11. The molecular weight excluding hydrogens is 259 g/mol. The van der Waals surface area contributed by atoms with E-state index in [1.807, 2.05) is 12.1 Å². The third-order valence-corrected chi connectivity index (χ3v) is 2.82. The van der Waals surface area contributed by atoms with Gasteiger partial charge in [-0.05, 0) is 18.2 Å². The van der Waals surface area contributed by atoms with Crippen LogP contribution in [0.2, 0.25) is 0 Å². The Kier molecular flexibility index (Phi) is 4.20. The predicted octanol–water partition coefficient (Wildman–Crippen LogP) is 2.70. The summed E-state index contributed by atoms with van der Waals surface area (Å²) in [5.74, 6) is 0.520. The van der Waals surface area contributed by atoms with E-state index in [1.54, 1.807) is 31.4 Å². The summed E-state index contributed by atoms with van der Waals surface area (Å²) in [6.45, 7) is 0.0738. The molecule has 20 heavy (non-hydrogen) atoms. The van der Waals surface area contributed by atoms with E-state index in [0.29, 0.717) is 22.6 Å². The summed E-state index contributed by atoms with van der Waals surface area (Å²) in [7, 11) is 1.55. The number of nitrogens with one attached hydrogen (secondary N) is 1. The summed E-state index contributed by atoms with van der Waals surface area (Å²) in [5, 5.41) is 7.26. The second kappa shape index (κ2) is 6.06. The summed E-state index contributed by atoms with van der Waals surface area (Å²) in [5.41, 5.74) is 6.04. The van der Waals surface area contributed by atoms with Crippen molar-refractivity contribution in [3.8, 4) is 11.5 Å². The molecule has 0 spiro atoms. The van der Waals surface area contributed by atoms with Gasteiger partial charge in [-0.2, -0.15) is 0 Å². The zero-order valence-corrected chi connectivity index (χ0v) is 11.0. The molecule has 0 atom stereocenters. The van der Waals surface area contributed by atoms with Crippen LogP contribution < -0.4 is 15.2 Å². The molecule has 0 amide bonds. The van der Waals surface area contributed by atoms with E-state index in [2.05, 4.69) is 0 Å². The summed E-state index contributed by atoms with van der Waals surface area (Å²) in [4.78, 5) is 0. The molecule has 0 heterocycles. The van der Waals surface area contributed by atoms with E-state index < -0.39 is 5.82 Å². The highest BCUT2D eigenvalue weighted by Crippen LogP contribution is 2.27. The van der Waals surface area contributed by atoms with Gasteiger partial charge >= 0.3 is 0 Å². The number of hydrogen-bond acceptors (Lipinski definition) is 3. The molecule has 0 radical (unpaired) electrons. The fourth-order valence-corrected chi connectivity index (χ4v) is 1.73. The average Bonchev–Trinajstić information content (AvgIpc) is 2.46. The largest absolute Gasteiger partial charge is 0.493 e. The molecule has 0 saturated carbocycles. The van der Waals surface area contributed by atoms with Gasteiger partial charge in [0, 0.05) is 11.1 Å². The highest BCUT2D eigenvalue weighted by molar-refractivity contribution is 5.94. The fraction of sp³-hybridized carbons (Fsp3) is 0.133. The number of benzene rings is 2. The number of methoxy groups -OCH3 is 1. The smallest absolute Gasteiger partial charge is 0.161 e. The van der Waals surface area contributed by atoms with Gasteiger partial charge in [0.05, 0.1) is 7.11 Å². The van der Waals surface area contributed by atoms with Gasteiger partial charge < -0.3 is 15.2 Å². The molecule has 0 unspecified atom stereocenters. The molecule has 4 nitrogen and oxygen atoms in total. The normalized spacial score (nSPS) is 10.1. The van der Waals surface area contributed by atoms with Crippen molar-refractivity contribution in [3.63, 3.8) is 0 Å². The second-order valence-electron chi connectivity index (χ2n) is 4.16. The van der Waals surface area contributed by atoms with Crippen molar-refractivity contribution >= 4 is 5.84 Å². The Hall–Kier alpha value is -2.56. The van der Waals surface area contributed by atoms with Crippen LogP contribution in [-0.4, -0.2) is 12.9 Å². The average molecular weight is 274 g/mol. The first kappa shape index (κ1) is 13.9. The van der Waals surface area contributed by atoms with Crippen LogP contribution in [-0.2, 0) is 6.61 Å². The van der Waals surface area contributed by atoms with E-state index in [4.69, 9.17) is 20.6 Å². The van der Waals surface area contributed by atoms with Gasteiger partial charge in [-0.25, -0.2) is 4.39 Å². The van der Waals surface area contributed by atoms with E-state index in [-0.39, 0.29) is 12.4 Å². The molecule has 2 aromatic rings. The summed E-state index contributed by atoms with van der Waals surface area (Å²) in [6.07, 6.45) is 0. The zero-order valence-electron chi connectivity index (χ0n) is 11.0. The molecule has 0 aliphatic rings. The number of hydrogen-bond donors (Lipinski definition) is 2. The second-order valence-corrected chi connectivity index (χ2v) is 4.16. The van der Waals surface area contributed by atoms with Gasteiger partial charge in [0.1, 0.15) is 18.3 Å². The highest BCUT2D eigenvalue weighted by atomic mass is 19.1. The third kappa shape index (κ3) is 3.06. The Morgan fingerprint density at radius 3 is 2.50 bits per heavy atom. The predicted molar refractivity (Wildman–Crippen MR) is 74.7 cm³/mol. The van der Waals surface area contributed by atoms with Crippen molar-refractivity contribution < 1.29 is 13.9 Å². The molecule has 3 N–H and O–H groups in total. The summed E-state index contributed by atoms with van der Waals surface area (Å²) in [6, 6.07) is 11.5. The Morgan fingerprint density at radius 1 is 1.20 bits per heavy atom. The maximum atomic E-state index is 13.8. The van der Waals surface area contributed by atoms with Crippen LogP contribution in [0.1, 0.15) is 11.1 Å². The molecule has 0 aromatic heterocycles. The first-order valence-corrected chi connectivity index (χ1v) is 6.00. The third-order valence-electron chi connectivity index (χ3n) is 2.82. The van der Waals surface area contributed by atoms with Gasteiger partial charge in [-0.1, -0.05) is 24.3 Å². The number of halogens is 1. The van der Waals surface area contributed by atoms with Crippen molar-refractivity contribution in [3.05, 3.63) is 59.4 Å². The standard InChI is InChI=1S/C15H15FN2O2/c1-19-13-4-2-3-5-14(13)20-9-11-7-6-10(15(17)18)8-12(11)16/h2-8H,9H2,1H3,(H3,17,18). The minimum absolute atomic E-state index is 0.0738. The lowest BCUT2D eigenvalue weighted by Crippen LogP contribution is -2.12. The van der Waals surface area contributed by atoms with E-state index >= 15 is 0 Å². The van der Waals surface area contributed by atoms with Crippen LogP contribution >= 0.6 is 0 Å². The van der Waals surface area contributed by atoms with E-state index in [0.717, 1.165) is 0 Å². The van der Waals surface area contributed by atoms with Crippen molar-refractivity contribution in [1.82, 2.24) is 0 Å². The quantitative estimate of drug-likeness (QED) is 0.650. The van der Waals surface area contributed by atoms with E-state index in [9.17, 15) is 4.39 Å². The molecule has 5 heteroatoms. The Morgan fingerprint density at radius 2 is 1.90 bits per heavy atom. The van der Waals surface area contributed by atoms with Gasteiger partial charge in [-0.15, -0.1) is 0 Å². The maximum Gasteiger partial charge on any atom is 0.161 e. The molecule has 0 bridgehead atoms. The number of rotatable bonds is 5. The molecule has 0 aliphatic carbocycles. The Labute approximate surface area is 116 Å². The Bertz CT molecular complexity index is 629. The number of para-hydroxylation sites is 2. The van der Waals surface area contributed by atoms with E-state index in [1.165, 1.54) is 6.07 Å². The van der Waals surface area contributed by atoms with Crippen molar-refractivity contribution in [1.29, 1.82) is 5.41 Å². The SMILES string of the molecule is COc1ccccc1OCc1ccc(C(=N)N)cc1F. The zero-order chi connectivity index (χ0) is 14.5. The van der Waals surface area contributed by atoms with Gasteiger partial charge in [0.25, 0.3) is 0 Å². The first-order chi connectivity index (χ1) is 9.61. The monoisotopic (exact) mass is 274 g/mol. The first-order valence-electron chi connectivity index (χ1n) is 6.00. The van der Waals surface area contributed by atoms with Crippen LogP contribution in [0.5, 0.6) is 11.5 Å². The lowest BCUT2D eigenvalue weighted by atomic mass is 10.1. The van der Waals surface area contributed by atoms with Gasteiger partial charge in [0.15, 0.2) is 11.5 Å². The minimum atomic E-state index is -0.451. The van der Waals surface area contributed by atoms with Crippen molar-refractivity contribution in [2.75, 3.05) is 7.11 Å². The number of nitrogens with two attached hydrogens (primary N) is 1. The number of nitrogen functional groups attached to an aromatic ring is 1. The maximum absolute atomic E-state index is 13.8. The number of amidine groups is 1. The molecule has 0 aliphatic heterocycles. The van der Waals surface area contributed by atoms with Crippen molar-refractivity contribution in [2.24, 2.45) is 5.73 Å². The fourth-order valence-electron chi connectivity index (χ4n) is 1.73.